The van der Waals surface area contributed by atoms with Gasteiger partial charge in [0.15, 0.2) is 0 Å². The third kappa shape index (κ3) is 4.42. The van der Waals surface area contributed by atoms with E-state index in [4.69, 9.17) is 4.74 Å². The molecule has 4 rings (SSSR count). The molecular weight excluding hydrogens is 419 g/mol. The van der Waals surface area contributed by atoms with Gasteiger partial charge in [0.2, 0.25) is 10.0 Å². The molecule has 1 N–H and O–H groups in total. The molecule has 0 amide bonds. The number of sulfonamides is 1. The van der Waals surface area contributed by atoms with Crippen LogP contribution in [-0.4, -0.2) is 37.0 Å². The fraction of sp³-hybridized carbons (Fsp3) is 0.348. The molecule has 1 saturated heterocycles. The van der Waals surface area contributed by atoms with Crippen LogP contribution in [0.2, 0.25) is 0 Å². The molecule has 0 aliphatic carbocycles. The topological polar surface area (TPSA) is 79.5 Å². The van der Waals surface area contributed by atoms with Gasteiger partial charge in [-0.2, -0.15) is 4.31 Å². The molecule has 0 saturated carbocycles. The number of ether oxygens (including phenoxy) is 1. The number of fused-ring (bicyclic) bond motifs is 1. The lowest BCUT2D eigenvalue weighted by atomic mass is 10.0. The highest BCUT2D eigenvalue weighted by Crippen LogP contribution is 2.24. The summed E-state index contributed by atoms with van der Waals surface area (Å²) in [4.78, 5) is 15.2. The summed E-state index contributed by atoms with van der Waals surface area (Å²) in [5, 5.41) is 0.818. The number of rotatable bonds is 6. The SMILES string of the molecule is Cc1cc2cc(CN(C[C@H]3CCCO3)S(=O)(=O)c3ccccc3F)c(=O)[nH]c2cc1C. The lowest BCUT2D eigenvalue weighted by Crippen LogP contribution is -2.38. The van der Waals surface area contributed by atoms with E-state index in [1.807, 2.05) is 26.0 Å². The second kappa shape index (κ2) is 8.53. The van der Waals surface area contributed by atoms with E-state index in [0.29, 0.717) is 17.7 Å². The average molecular weight is 445 g/mol. The second-order valence-electron chi connectivity index (χ2n) is 8.01. The number of hydrogen-bond donors (Lipinski definition) is 1. The quantitative estimate of drug-likeness (QED) is 0.629. The van der Waals surface area contributed by atoms with Crippen LogP contribution in [0, 0.1) is 19.7 Å². The summed E-state index contributed by atoms with van der Waals surface area (Å²) >= 11 is 0. The van der Waals surface area contributed by atoms with Crippen LogP contribution in [0.3, 0.4) is 0 Å². The molecule has 1 aromatic heterocycles. The minimum Gasteiger partial charge on any atom is -0.377 e. The first kappa shape index (κ1) is 21.7. The van der Waals surface area contributed by atoms with Crippen LogP contribution in [-0.2, 0) is 21.3 Å². The molecular formula is C23H25FN2O4S. The number of pyridine rings is 1. The molecule has 0 unspecified atom stereocenters. The van der Waals surface area contributed by atoms with Crippen molar-refractivity contribution in [3.8, 4) is 0 Å². The Morgan fingerprint density at radius 3 is 2.61 bits per heavy atom. The molecule has 1 aliphatic heterocycles. The van der Waals surface area contributed by atoms with E-state index in [0.717, 1.165) is 39.7 Å². The number of aromatic amines is 1. The molecule has 8 heteroatoms. The number of H-pyrrole nitrogens is 1. The molecule has 0 bridgehead atoms. The number of benzene rings is 2. The Kier molecular flexibility index (Phi) is 5.96. The average Bonchev–Trinajstić information content (AvgIpc) is 3.23. The Bertz CT molecular complexity index is 1280. The van der Waals surface area contributed by atoms with E-state index in [-0.39, 0.29) is 24.8 Å². The van der Waals surface area contributed by atoms with Gasteiger partial charge in [-0.1, -0.05) is 12.1 Å². The van der Waals surface area contributed by atoms with Crippen LogP contribution in [0.5, 0.6) is 0 Å². The van der Waals surface area contributed by atoms with Gasteiger partial charge in [-0.25, -0.2) is 12.8 Å². The zero-order chi connectivity index (χ0) is 22.2. The monoisotopic (exact) mass is 444 g/mol. The predicted molar refractivity (Wildman–Crippen MR) is 117 cm³/mol. The molecule has 1 fully saturated rings. The molecule has 2 aromatic carbocycles. The van der Waals surface area contributed by atoms with Crippen molar-refractivity contribution in [1.82, 2.24) is 9.29 Å². The summed E-state index contributed by atoms with van der Waals surface area (Å²) in [6, 6.07) is 10.8. The largest absolute Gasteiger partial charge is 0.377 e. The van der Waals surface area contributed by atoms with Crippen LogP contribution in [0.1, 0.15) is 29.5 Å². The maximum atomic E-state index is 14.4. The van der Waals surface area contributed by atoms with Crippen molar-refractivity contribution in [2.45, 2.75) is 44.2 Å². The van der Waals surface area contributed by atoms with Crippen LogP contribution < -0.4 is 5.56 Å². The number of halogens is 1. The fourth-order valence-corrected chi connectivity index (χ4v) is 5.40. The third-order valence-corrected chi connectivity index (χ3v) is 7.61. The first-order valence-corrected chi connectivity index (χ1v) is 11.7. The van der Waals surface area contributed by atoms with Crippen LogP contribution in [0.25, 0.3) is 10.9 Å². The van der Waals surface area contributed by atoms with E-state index < -0.39 is 20.7 Å². The van der Waals surface area contributed by atoms with E-state index >= 15 is 0 Å². The Labute approximate surface area is 180 Å². The first-order chi connectivity index (χ1) is 14.8. The zero-order valence-electron chi connectivity index (χ0n) is 17.5. The maximum absolute atomic E-state index is 14.4. The van der Waals surface area contributed by atoms with Crippen molar-refractivity contribution < 1.29 is 17.5 Å². The van der Waals surface area contributed by atoms with Crippen molar-refractivity contribution in [2.24, 2.45) is 0 Å². The van der Waals surface area contributed by atoms with Gasteiger partial charge in [-0.15, -0.1) is 0 Å². The van der Waals surface area contributed by atoms with Crippen molar-refractivity contribution in [3.05, 3.63) is 75.3 Å². The molecule has 1 aliphatic rings. The molecule has 6 nitrogen and oxygen atoms in total. The lowest BCUT2D eigenvalue weighted by molar-refractivity contribution is 0.0924. The minimum atomic E-state index is -4.18. The van der Waals surface area contributed by atoms with Crippen molar-refractivity contribution in [3.63, 3.8) is 0 Å². The highest BCUT2D eigenvalue weighted by molar-refractivity contribution is 7.89. The summed E-state index contributed by atoms with van der Waals surface area (Å²) in [5.74, 6) is -0.821. The summed E-state index contributed by atoms with van der Waals surface area (Å²) in [6.07, 6.45) is 1.27. The Balaban J connectivity index is 1.76. The fourth-order valence-electron chi connectivity index (χ4n) is 3.89. The summed E-state index contributed by atoms with van der Waals surface area (Å²) in [6.45, 7) is 4.39. The third-order valence-electron chi connectivity index (χ3n) is 5.77. The highest BCUT2D eigenvalue weighted by atomic mass is 32.2. The van der Waals surface area contributed by atoms with E-state index in [1.165, 1.54) is 18.2 Å². The molecule has 31 heavy (non-hydrogen) atoms. The molecule has 1 atom stereocenters. The van der Waals surface area contributed by atoms with Gasteiger partial charge in [-0.3, -0.25) is 4.79 Å². The minimum absolute atomic E-state index is 0.0566. The number of nitrogens with zero attached hydrogens (tertiary/aromatic N) is 1. The Morgan fingerprint density at radius 2 is 1.90 bits per heavy atom. The molecule has 0 spiro atoms. The predicted octanol–water partition coefficient (Wildman–Crippen LogP) is 3.65. The van der Waals surface area contributed by atoms with Gasteiger partial charge in [0, 0.05) is 30.8 Å². The van der Waals surface area contributed by atoms with Gasteiger partial charge >= 0.3 is 0 Å². The summed E-state index contributed by atoms with van der Waals surface area (Å²) < 4.78 is 47.8. The second-order valence-corrected chi connectivity index (χ2v) is 9.92. The van der Waals surface area contributed by atoms with Gasteiger partial charge in [0.05, 0.1) is 6.10 Å². The molecule has 0 radical (unpaired) electrons. The van der Waals surface area contributed by atoms with Crippen LogP contribution >= 0.6 is 0 Å². The van der Waals surface area contributed by atoms with Crippen molar-refractivity contribution in [1.29, 1.82) is 0 Å². The van der Waals surface area contributed by atoms with Crippen LogP contribution in [0.4, 0.5) is 4.39 Å². The standard InChI is InChI=1S/C23H25FN2O4S/c1-15-10-17-12-18(23(27)25-21(17)11-16(15)2)13-26(14-19-6-5-9-30-19)31(28,29)22-8-4-3-7-20(22)24/h3-4,7-8,10-12,19H,5-6,9,13-14H2,1-2H3,(H,25,27)/t19-/m1/s1. The maximum Gasteiger partial charge on any atom is 0.252 e. The Morgan fingerprint density at radius 1 is 1.16 bits per heavy atom. The van der Waals surface area contributed by atoms with Gasteiger partial charge in [0.25, 0.3) is 5.56 Å². The normalized spacial score (nSPS) is 17.0. The van der Waals surface area contributed by atoms with E-state index in [1.54, 1.807) is 6.07 Å². The first-order valence-electron chi connectivity index (χ1n) is 10.2. The van der Waals surface area contributed by atoms with Gasteiger partial charge in [-0.05, 0) is 73.5 Å². The summed E-state index contributed by atoms with van der Waals surface area (Å²) in [5.41, 5.74) is 2.75. The zero-order valence-corrected chi connectivity index (χ0v) is 18.3. The number of aryl methyl sites for hydroxylation is 2. The summed E-state index contributed by atoms with van der Waals surface area (Å²) in [7, 11) is -4.18. The van der Waals surface area contributed by atoms with Crippen molar-refractivity contribution >= 4 is 20.9 Å². The highest BCUT2D eigenvalue weighted by Gasteiger charge is 2.31. The smallest absolute Gasteiger partial charge is 0.252 e. The van der Waals surface area contributed by atoms with E-state index in [2.05, 4.69) is 4.98 Å². The van der Waals surface area contributed by atoms with Gasteiger partial charge in [0.1, 0.15) is 10.7 Å². The molecule has 3 aromatic rings. The lowest BCUT2D eigenvalue weighted by Gasteiger charge is -2.25. The number of nitrogens with one attached hydrogen (secondary N) is 1. The number of aromatic nitrogens is 1. The molecule has 2 heterocycles. The Hall–Kier alpha value is -2.55. The van der Waals surface area contributed by atoms with Crippen LogP contribution in [0.15, 0.2) is 52.2 Å². The number of hydrogen-bond acceptors (Lipinski definition) is 4. The molecule has 164 valence electrons. The van der Waals surface area contributed by atoms with Crippen molar-refractivity contribution in [2.75, 3.05) is 13.2 Å². The van der Waals surface area contributed by atoms with E-state index in [9.17, 15) is 17.6 Å². The van der Waals surface area contributed by atoms with Gasteiger partial charge < -0.3 is 9.72 Å².